The lowest BCUT2D eigenvalue weighted by Crippen LogP contribution is -2.64. The van der Waals surface area contributed by atoms with Gasteiger partial charge in [-0.05, 0) is 48.8 Å². The van der Waals surface area contributed by atoms with Crippen LogP contribution in [0.3, 0.4) is 0 Å². The van der Waals surface area contributed by atoms with Crippen molar-refractivity contribution in [3.8, 4) is 0 Å². The molecule has 2 atom stereocenters. The van der Waals surface area contributed by atoms with E-state index in [0.717, 1.165) is 30.0 Å². The zero-order chi connectivity index (χ0) is 14.7. The summed E-state index contributed by atoms with van der Waals surface area (Å²) in [7, 11) is 0. The standard InChI is InChI=1S/C16H18N4OS.ClH/c21-16(10-1-2-13-14(5-10)19-22-18-13)17-15-11-3-9-4-12(15)8-20(6-9)7-11;/h1-2,5,9,11-12,15H,3-4,6-8H2,(H,17,21);1H. The first-order chi connectivity index (χ1) is 10.8. The highest BCUT2D eigenvalue weighted by molar-refractivity contribution is 7.00. The lowest BCUT2D eigenvalue weighted by atomic mass is 9.65. The summed E-state index contributed by atoms with van der Waals surface area (Å²) in [4.78, 5) is 15.2. The molecule has 2 aromatic rings. The van der Waals surface area contributed by atoms with Gasteiger partial charge < -0.3 is 10.2 Å². The lowest BCUT2D eigenvalue weighted by Gasteiger charge is -2.55. The summed E-state index contributed by atoms with van der Waals surface area (Å²) in [5.41, 5.74) is 2.38. The summed E-state index contributed by atoms with van der Waals surface area (Å²) in [5, 5.41) is 3.32. The van der Waals surface area contributed by atoms with Crippen LogP contribution < -0.4 is 5.32 Å². The van der Waals surface area contributed by atoms with Crippen molar-refractivity contribution in [3.05, 3.63) is 23.8 Å². The maximum atomic E-state index is 12.6. The van der Waals surface area contributed by atoms with Gasteiger partial charge in [0.2, 0.25) is 0 Å². The second-order valence-corrected chi connectivity index (χ2v) is 7.57. The molecular weight excluding hydrogens is 332 g/mol. The minimum absolute atomic E-state index is 0. The largest absolute Gasteiger partial charge is 0.349 e. The molecule has 3 aliphatic heterocycles. The average molecular weight is 351 g/mol. The lowest BCUT2D eigenvalue weighted by molar-refractivity contribution is -0.0418. The molecule has 7 heteroatoms. The van der Waals surface area contributed by atoms with Gasteiger partial charge in [0.1, 0.15) is 11.0 Å². The number of halogens is 1. The van der Waals surface area contributed by atoms with Crippen LogP contribution in [-0.4, -0.2) is 45.2 Å². The predicted octanol–water partition coefficient (Wildman–Crippen LogP) is 2.18. The van der Waals surface area contributed by atoms with E-state index in [9.17, 15) is 4.79 Å². The number of fused-ring (bicyclic) bond motifs is 1. The fourth-order valence-corrected chi connectivity index (χ4v) is 5.32. The third kappa shape index (κ3) is 2.53. The first kappa shape index (κ1) is 15.3. The molecule has 0 radical (unpaired) electrons. The predicted molar refractivity (Wildman–Crippen MR) is 92.1 cm³/mol. The van der Waals surface area contributed by atoms with Gasteiger partial charge in [0.05, 0.1) is 11.7 Å². The van der Waals surface area contributed by atoms with E-state index in [4.69, 9.17) is 0 Å². The normalized spacial score (nSPS) is 34.3. The highest BCUT2D eigenvalue weighted by atomic mass is 35.5. The van der Waals surface area contributed by atoms with Crippen molar-refractivity contribution in [1.82, 2.24) is 19.0 Å². The van der Waals surface area contributed by atoms with Crippen molar-refractivity contribution < 1.29 is 4.79 Å². The second kappa shape index (κ2) is 5.69. The monoisotopic (exact) mass is 350 g/mol. The van der Waals surface area contributed by atoms with Crippen molar-refractivity contribution in [3.63, 3.8) is 0 Å². The van der Waals surface area contributed by atoms with Crippen LogP contribution in [0.1, 0.15) is 23.2 Å². The van der Waals surface area contributed by atoms with Crippen LogP contribution in [0.5, 0.6) is 0 Å². The summed E-state index contributed by atoms with van der Waals surface area (Å²) < 4.78 is 8.41. The SMILES string of the molecule is Cl.O=C(NC1C2CC3CC1CN(C3)C2)c1ccc2nsnc2c1. The topological polar surface area (TPSA) is 58.1 Å². The zero-order valence-electron chi connectivity index (χ0n) is 12.6. The zero-order valence-corrected chi connectivity index (χ0v) is 14.3. The number of carbonyl (C=O) groups is 1. The molecular formula is C16H19ClN4OS. The Labute approximate surface area is 145 Å². The highest BCUT2D eigenvalue weighted by Crippen LogP contribution is 2.43. The molecule has 23 heavy (non-hydrogen) atoms. The van der Waals surface area contributed by atoms with Crippen LogP contribution in [-0.2, 0) is 0 Å². The van der Waals surface area contributed by atoms with Crippen LogP contribution in [0, 0.1) is 17.8 Å². The first-order valence-electron chi connectivity index (χ1n) is 8.02. The van der Waals surface area contributed by atoms with Crippen molar-refractivity contribution >= 4 is 41.1 Å². The molecule has 1 N–H and O–H groups in total. The van der Waals surface area contributed by atoms with Gasteiger partial charge >= 0.3 is 0 Å². The van der Waals surface area contributed by atoms with Gasteiger partial charge in [0.25, 0.3) is 5.91 Å². The van der Waals surface area contributed by atoms with E-state index >= 15 is 0 Å². The maximum absolute atomic E-state index is 12.6. The first-order valence-corrected chi connectivity index (χ1v) is 8.75. The Bertz CT molecular complexity index is 721. The van der Waals surface area contributed by atoms with Crippen molar-refractivity contribution in [2.24, 2.45) is 17.8 Å². The third-order valence-corrected chi connectivity index (χ3v) is 6.16. The van der Waals surface area contributed by atoms with E-state index in [2.05, 4.69) is 19.0 Å². The molecule has 0 spiro atoms. The summed E-state index contributed by atoms with van der Waals surface area (Å²) in [6.45, 7) is 3.60. The summed E-state index contributed by atoms with van der Waals surface area (Å²) >= 11 is 1.19. The fourth-order valence-electron chi connectivity index (χ4n) is 4.80. The van der Waals surface area contributed by atoms with Crippen LogP contribution in [0.4, 0.5) is 0 Å². The van der Waals surface area contributed by atoms with Gasteiger partial charge in [0, 0.05) is 31.2 Å². The molecule has 1 saturated carbocycles. The minimum atomic E-state index is 0. The molecule has 4 fully saturated rings. The Kier molecular flexibility index (Phi) is 3.78. The van der Waals surface area contributed by atoms with Gasteiger partial charge in [0.15, 0.2) is 0 Å². The number of carbonyl (C=O) groups excluding carboxylic acids is 1. The van der Waals surface area contributed by atoms with Gasteiger partial charge in [-0.25, -0.2) is 0 Å². The summed E-state index contributed by atoms with van der Waals surface area (Å²) in [6.07, 6.45) is 2.57. The van der Waals surface area contributed by atoms with Crippen LogP contribution in [0.25, 0.3) is 11.0 Å². The van der Waals surface area contributed by atoms with E-state index in [-0.39, 0.29) is 18.3 Å². The number of nitrogens with zero attached hydrogens (tertiary/aromatic N) is 3. The molecule has 1 aliphatic carbocycles. The van der Waals surface area contributed by atoms with Crippen molar-refractivity contribution in [2.75, 3.05) is 19.6 Å². The van der Waals surface area contributed by atoms with E-state index in [1.807, 2.05) is 18.2 Å². The smallest absolute Gasteiger partial charge is 0.251 e. The summed E-state index contributed by atoms with van der Waals surface area (Å²) in [6, 6.07) is 5.95. The van der Waals surface area contributed by atoms with Crippen molar-refractivity contribution in [2.45, 2.75) is 18.9 Å². The Morgan fingerprint density at radius 3 is 2.61 bits per heavy atom. The Morgan fingerprint density at radius 1 is 1.13 bits per heavy atom. The van der Waals surface area contributed by atoms with Crippen molar-refractivity contribution in [1.29, 1.82) is 0 Å². The fraction of sp³-hybridized carbons (Fsp3) is 0.562. The number of amides is 1. The molecule has 1 aromatic heterocycles. The highest BCUT2D eigenvalue weighted by Gasteiger charge is 2.47. The second-order valence-electron chi connectivity index (χ2n) is 7.04. The molecule has 4 heterocycles. The quantitative estimate of drug-likeness (QED) is 0.902. The molecule has 122 valence electrons. The molecule has 2 unspecified atom stereocenters. The number of benzene rings is 1. The number of rotatable bonds is 2. The average Bonchev–Trinajstić information content (AvgIpc) is 2.97. The number of hydrogen-bond donors (Lipinski definition) is 1. The number of aromatic nitrogens is 2. The molecule has 4 bridgehead atoms. The third-order valence-electron chi connectivity index (χ3n) is 5.60. The molecule has 1 aromatic carbocycles. The maximum Gasteiger partial charge on any atom is 0.251 e. The molecule has 1 amide bonds. The number of nitrogens with one attached hydrogen (secondary N) is 1. The molecule has 6 rings (SSSR count). The molecule has 5 nitrogen and oxygen atoms in total. The van der Waals surface area contributed by atoms with E-state index in [1.54, 1.807) is 0 Å². The Morgan fingerprint density at radius 2 is 1.87 bits per heavy atom. The van der Waals surface area contributed by atoms with E-state index in [1.165, 1.54) is 31.1 Å². The molecule has 4 aliphatic rings. The minimum Gasteiger partial charge on any atom is -0.349 e. The van der Waals surface area contributed by atoms with Gasteiger partial charge in [-0.2, -0.15) is 8.75 Å². The summed E-state index contributed by atoms with van der Waals surface area (Å²) in [5.74, 6) is 2.19. The number of piperidine rings is 3. The van der Waals surface area contributed by atoms with E-state index < -0.39 is 0 Å². The number of hydrogen-bond acceptors (Lipinski definition) is 5. The van der Waals surface area contributed by atoms with Gasteiger partial charge in [-0.15, -0.1) is 12.4 Å². The van der Waals surface area contributed by atoms with Crippen LogP contribution in [0.2, 0.25) is 0 Å². The Hall–Kier alpha value is -1.24. The van der Waals surface area contributed by atoms with E-state index in [0.29, 0.717) is 23.4 Å². The van der Waals surface area contributed by atoms with Gasteiger partial charge in [-0.1, -0.05) is 0 Å². The van der Waals surface area contributed by atoms with Gasteiger partial charge in [-0.3, -0.25) is 4.79 Å². The Balaban J connectivity index is 0.00000135. The van der Waals surface area contributed by atoms with Crippen LogP contribution in [0.15, 0.2) is 18.2 Å². The molecule has 3 saturated heterocycles. The van der Waals surface area contributed by atoms with Crippen LogP contribution >= 0.6 is 24.1 Å².